The van der Waals surface area contributed by atoms with E-state index < -0.39 is 0 Å². The third-order valence-corrected chi connectivity index (χ3v) is 2.62. The second kappa shape index (κ2) is 5.87. The van der Waals surface area contributed by atoms with Gasteiger partial charge in [-0.05, 0) is 30.7 Å². The highest BCUT2D eigenvalue weighted by atomic mass is 16.5. The molecule has 0 saturated carbocycles. The fourth-order valence-electron chi connectivity index (χ4n) is 1.62. The Morgan fingerprint density at radius 2 is 1.72 bits per heavy atom. The Hall–Kier alpha value is -2.29. The molecule has 0 aliphatic heterocycles. The molecule has 0 atom stereocenters. The first-order chi connectivity index (χ1) is 8.77. The van der Waals surface area contributed by atoms with Crippen LogP contribution in [-0.2, 0) is 4.74 Å². The number of carbonyl (C=O) groups is 1. The first kappa shape index (κ1) is 12.2. The number of benzene rings is 2. The third kappa shape index (κ3) is 3.10. The fourth-order valence-corrected chi connectivity index (χ4v) is 1.62. The first-order valence-electron chi connectivity index (χ1n) is 5.79. The molecule has 18 heavy (non-hydrogen) atoms. The maximum atomic E-state index is 11.8. The van der Waals surface area contributed by atoms with Crippen molar-refractivity contribution in [1.82, 2.24) is 0 Å². The molecule has 3 heteroatoms. The number of rotatable bonds is 4. The summed E-state index contributed by atoms with van der Waals surface area (Å²) in [4.78, 5) is 11.8. The Morgan fingerprint density at radius 1 is 1.06 bits per heavy atom. The molecule has 3 nitrogen and oxygen atoms in total. The molecule has 0 heterocycles. The van der Waals surface area contributed by atoms with Crippen molar-refractivity contribution in [2.24, 2.45) is 0 Å². The number of para-hydroxylation sites is 1. The van der Waals surface area contributed by atoms with E-state index in [9.17, 15) is 4.79 Å². The van der Waals surface area contributed by atoms with Crippen LogP contribution in [0.2, 0.25) is 0 Å². The van der Waals surface area contributed by atoms with Crippen LogP contribution in [0.5, 0.6) is 0 Å². The van der Waals surface area contributed by atoms with Crippen LogP contribution in [0.15, 0.2) is 54.6 Å². The van der Waals surface area contributed by atoms with Crippen LogP contribution in [0.4, 0.5) is 5.69 Å². The van der Waals surface area contributed by atoms with Gasteiger partial charge in [-0.3, -0.25) is 0 Å². The number of hydrogen-bond donors (Lipinski definition) is 1. The van der Waals surface area contributed by atoms with Crippen molar-refractivity contribution in [2.45, 2.75) is 6.92 Å². The average Bonchev–Trinajstić information content (AvgIpc) is 2.40. The van der Waals surface area contributed by atoms with Gasteiger partial charge in [-0.1, -0.05) is 36.4 Å². The van der Waals surface area contributed by atoms with Crippen molar-refractivity contribution in [3.63, 3.8) is 0 Å². The van der Waals surface area contributed by atoms with Gasteiger partial charge in [0.25, 0.3) is 0 Å². The van der Waals surface area contributed by atoms with Crippen LogP contribution in [0.25, 0.3) is 0 Å². The minimum Gasteiger partial charge on any atom is -0.441 e. The molecule has 2 aromatic rings. The quantitative estimate of drug-likeness (QED) is 0.659. The summed E-state index contributed by atoms with van der Waals surface area (Å²) >= 11 is 0. The zero-order valence-electron chi connectivity index (χ0n) is 10.2. The highest BCUT2D eigenvalue weighted by Gasteiger charge is 2.08. The number of anilines is 1. The maximum absolute atomic E-state index is 11.8. The minimum atomic E-state index is -0.309. The Balaban J connectivity index is 1.88. The number of ether oxygens (including phenoxy) is 1. The van der Waals surface area contributed by atoms with Gasteiger partial charge in [-0.15, -0.1) is 0 Å². The van der Waals surface area contributed by atoms with Crippen LogP contribution in [0.1, 0.15) is 15.9 Å². The predicted molar refractivity (Wildman–Crippen MR) is 71.5 cm³/mol. The van der Waals surface area contributed by atoms with E-state index in [4.69, 9.17) is 4.74 Å². The van der Waals surface area contributed by atoms with Gasteiger partial charge in [-0.25, -0.2) is 4.79 Å². The van der Waals surface area contributed by atoms with Gasteiger partial charge in [0.2, 0.25) is 0 Å². The van der Waals surface area contributed by atoms with E-state index in [1.807, 2.05) is 55.5 Å². The van der Waals surface area contributed by atoms with Gasteiger partial charge < -0.3 is 10.1 Å². The molecule has 1 N–H and O–H groups in total. The largest absolute Gasteiger partial charge is 0.441 e. The molecule has 0 radical (unpaired) electrons. The lowest BCUT2D eigenvalue weighted by Gasteiger charge is -2.08. The monoisotopic (exact) mass is 241 g/mol. The Morgan fingerprint density at radius 3 is 2.44 bits per heavy atom. The van der Waals surface area contributed by atoms with Crippen molar-refractivity contribution in [3.05, 3.63) is 65.7 Å². The lowest BCUT2D eigenvalue weighted by Crippen LogP contribution is -2.13. The second-order valence-corrected chi connectivity index (χ2v) is 3.93. The smallest absolute Gasteiger partial charge is 0.340 e. The van der Waals surface area contributed by atoms with Crippen LogP contribution < -0.4 is 5.32 Å². The van der Waals surface area contributed by atoms with Gasteiger partial charge in [0.15, 0.2) is 6.73 Å². The lowest BCUT2D eigenvalue weighted by molar-refractivity contribution is 0.0533. The van der Waals surface area contributed by atoms with Gasteiger partial charge >= 0.3 is 5.97 Å². The maximum Gasteiger partial charge on any atom is 0.340 e. The second-order valence-electron chi connectivity index (χ2n) is 3.93. The van der Waals surface area contributed by atoms with Crippen molar-refractivity contribution in [1.29, 1.82) is 0 Å². The fraction of sp³-hybridized carbons (Fsp3) is 0.133. The Kier molecular flexibility index (Phi) is 3.97. The molecule has 92 valence electrons. The van der Waals surface area contributed by atoms with Crippen molar-refractivity contribution in [3.8, 4) is 0 Å². The Labute approximate surface area is 106 Å². The van der Waals surface area contributed by atoms with Crippen molar-refractivity contribution < 1.29 is 9.53 Å². The van der Waals surface area contributed by atoms with Gasteiger partial charge in [0.05, 0.1) is 5.56 Å². The lowest BCUT2D eigenvalue weighted by atomic mass is 10.1. The summed E-state index contributed by atoms with van der Waals surface area (Å²) in [6.07, 6.45) is 0. The average molecular weight is 241 g/mol. The molecule has 0 amide bonds. The molecule has 0 aliphatic rings. The summed E-state index contributed by atoms with van der Waals surface area (Å²) in [6, 6.07) is 17.0. The van der Waals surface area contributed by atoms with Crippen LogP contribution in [0.3, 0.4) is 0 Å². The van der Waals surface area contributed by atoms with E-state index in [0.717, 1.165) is 11.3 Å². The number of esters is 1. The molecule has 0 spiro atoms. The molecule has 0 aromatic heterocycles. The topological polar surface area (TPSA) is 38.3 Å². The zero-order chi connectivity index (χ0) is 12.8. The minimum absolute atomic E-state index is 0.164. The van der Waals surface area contributed by atoms with Crippen LogP contribution in [-0.4, -0.2) is 12.7 Å². The summed E-state index contributed by atoms with van der Waals surface area (Å²) in [7, 11) is 0. The molecule has 2 aromatic carbocycles. The normalized spacial score (nSPS) is 9.83. The standard InChI is InChI=1S/C15H15NO2/c1-12-7-5-6-10-14(12)15(17)18-11-16-13-8-3-2-4-9-13/h2-10,16H,11H2,1H3. The van der Waals surface area contributed by atoms with E-state index >= 15 is 0 Å². The van der Waals surface area contributed by atoms with Gasteiger partial charge in [-0.2, -0.15) is 0 Å². The van der Waals surface area contributed by atoms with Crippen LogP contribution >= 0.6 is 0 Å². The molecule has 0 unspecified atom stereocenters. The third-order valence-electron chi connectivity index (χ3n) is 2.62. The van der Waals surface area contributed by atoms with Crippen LogP contribution in [0, 0.1) is 6.92 Å². The SMILES string of the molecule is Cc1ccccc1C(=O)OCNc1ccccc1. The summed E-state index contributed by atoms with van der Waals surface area (Å²) in [5, 5.41) is 3.02. The summed E-state index contributed by atoms with van der Waals surface area (Å²) in [6.45, 7) is 2.05. The summed E-state index contributed by atoms with van der Waals surface area (Å²) < 4.78 is 5.16. The van der Waals surface area contributed by atoms with Crippen molar-refractivity contribution >= 4 is 11.7 Å². The predicted octanol–water partition coefficient (Wildman–Crippen LogP) is 3.22. The molecule has 0 aliphatic carbocycles. The molecule has 0 fully saturated rings. The van der Waals surface area contributed by atoms with Gasteiger partial charge in [0, 0.05) is 5.69 Å². The van der Waals surface area contributed by atoms with E-state index in [-0.39, 0.29) is 12.7 Å². The van der Waals surface area contributed by atoms with E-state index in [0.29, 0.717) is 5.56 Å². The van der Waals surface area contributed by atoms with E-state index in [2.05, 4.69) is 5.32 Å². The highest BCUT2D eigenvalue weighted by molar-refractivity contribution is 5.91. The number of aryl methyl sites for hydroxylation is 1. The molecule has 0 saturated heterocycles. The molecule has 2 rings (SSSR count). The zero-order valence-corrected chi connectivity index (χ0v) is 10.2. The molecular weight excluding hydrogens is 226 g/mol. The summed E-state index contributed by atoms with van der Waals surface area (Å²) in [5.74, 6) is -0.309. The van der Waals surface area contributed by atoms with Gasteiger partial charge in [0.1, 0.15) is 0 Å². The molecule has 0 bridgehead atoms. The molecular formula is C15H15NO2. The Bertz CT molecular complexity index is 523. The number of hydrogen-bond acceptors (Lipinski definition) is 3. The van der Waals surface area contributed by atoms with E-state index in [1.54, 1.807) is 6.07 Å². The van der Waals surface area contributed by atoms with E-state index in [1.165, 1.54) is 0 Å². The number of carbonyl (C=O) groups excluding carboxylic acids is 1. The first-order valence-corrected chi connectivity index (χ1v) is 5.79. The van der Waals surface area contributed by atoms with Crippen molar-refractivity contribution in [2.75, 3.05) is 12.0 Å². The highest BCUT2D eigenvalue weighted by Crippen LogP contribution is 2.09. The number of nitrogens with one attached hydrogen (secondary N) is 1. The summed E-state index contributed by atoms with van der Waals surface area (Å²) in [5.41, 5.74) is 2.45.